The molecule has 7 nitrogen and oxygen atoms in total. The molecule has 1 rings (SSSR count). The fourth-order valence-electron chi connectivity index (χ4n) is 1.51. The van der Waals surface area contributed by atoms with E-state index in [1.54, 1.807) is 32.9 Å². The Morgan fingerprint density at radius 2 is 1.73 bits per heavy atom. The minimum absolute atomic E-state index is 0.0260. The second-order valence-corrected chi connectivity index (χ2v) is 5.76. The van der Waals surface area contributed by atoms with Crippen LogP contribution in [0, 0.1) is 0 Å². The van der Waals surface area contributed by atoms with Crippen molar-refractivity contribution < 1.29 is 24.2 Å². The first-order valence-electron chi connectivity index (χ1n) is 6.71. The average Bonchev–Trinajstić information content (AvgIpc) is 2.37. The summed E-state index contributed by atoms with van der Waals surface area (Å²) in [7, 11) is 0. The van der Waals surface area contributed by atoms with Crippen molar-refractivity contribution in [3.05, 3.63) is 29.8 Å². The highest BCUT2D eigenvalue weighted by Crippen LogP contribution is 2.10. The first-order valence-corrected chi connectivity index (χ1v) is 6.71. The molecule has 0 radical (unpaired) electrons. The number of imide groups is 1. The lowest BCUT2D eigenvalue weighted by Crippen LogP contribution is -2.49. The molecule has 22 heavy (non-hydrogen) atoms. The molecule has 0 fully saturated rings. The number of rotatable bonds is 4. The summed E-state index contributed by atoms with van der Waals surface area (Å²) in [5, 5.41) is 13.7. The van der Waals surface area contributed by atoms with Crippen molar-refractivity contribution in [2.24, 2.45) is 0 Å². The Labute approximate surface area is 128 Å². The van der Waals surface area contributed by atoms with Gasteiger partial charge in [-0.3, -0.25) is 14.9 Å². The first kappa shape index (κ1) is 17.5. The van der Waals surface area contributed by atoms with Gasteiger partial charge in [-0.25, -0.2) is 4.79 Å². The van der Waals surface area contributed by atoms with Crippen LogP contribution in [0.25, 0.3) is 0 Å². The van der Waals surface area contributed by atoms with Gasteiger partial charge in [0.15, 0.2) is 6.61 Å². The van der Waals surface area contributed by atoms with Crippen LogP contribution in [0.3, 0.4) is 0 Å². The van der Waals surface area contributed by atoms with Crippen LogP contribution in [-0.4, -0.2) is 35.2 Å². The molecule has 3 amide bonds. The predicted octanol–water partition coefficient (Wildman–Crippen LogP) is 1.10. The zero-order chi connectivity index (χ0) is 16.8. The van der Waals surface area contributed by atoms with Crippen molar-refractivity contribution >= 4 is 17.9 Å². The van der Waals surface area contributed by atoms with E-state index in [0.717, 1.165) is 0 Å². The topological polar surface area (TPSA) is 105 Å². The van der Waals surface area contributed by atoms with Crippen molar-refractivity contribution in [2.75, 3.05) is 6.61 Å². The number of amides is 3. The molecule has 0 aliphatic heterocycles. The lowest BCUT2D eigenvalue weighted by atomic mass is 10.1. The van der Waals surface area contributed by atoms with Crippen molar-refractivity contribution in [1.29, 1.82) is 0 Å². The van der Waals surface area contributed by atoms with Crippen LogP contribution in [0.4, 0.5) is 4.79 Å². The van der Waals surface area contributed by atoms with Gasteiger partial charge in [0.2, 0.25) is 0 Å². The number of aromatic hydroxyl groups is 1. The predicted molar refractivity (Wildman–Crippen MR) is 79.2 cm³/mol. The van der Waals surface area contributed by atoms with E-state index in [1.165, 1.54) is 12.1 Å². The largest absolute Gasteiger partial charge is 0.508 e. The van der Waals surface area contributed by atoms with E-state index in [-0.39, 0.29) is 12.2 Å². The molecule has 0 aromatic heterocycles. The van der Waals surface area contributed by atoms with E-state index < -0.39 is 30.1 Å². The molecule has 0 spiro atoms. The number of phenolic OH excluding ortho intramolecular Hbond substituents is 1. The highest BCUT2D eigenvalue weighted by molar-refractivity contribution is 5.95. The monoisotopic (exact) mass is 308 g/mol. The fraction of sp³-hybridized carbons (Fsp3) is 0.400. The maximum Gasteiger partial charge on any atom is 0.321 e. The van der Waals surface area contributed by atoms with Crippen LogP contribution in [0.2, 0.25) is 0 Å². The van der Waals surface area contributed by atoms with Crippen molar-refractivity contribution in [2.45, 2.75) is 32.7 Å². The third-order valence-corrected chi connectivity index (χ3v) is 2.39. The number of urea groups is 1. The summed E-state index contributed by atoms with van der Waals surface area (Å²) >= 11 is 0. The van der Waals surface area contributed by atoms with Gasteiger partial charge in [-0.05, 0) is 38.5 Å². The molecule has 0 atom stereocenters. The number of nitrogens with one attached hydrogen (secondary N) is 2. The number of carbonyl (C=O) groups excluding carboxylic acids is 3. The third kappa shape index (κ3) is 7.28. The molecule has 0 bridgehead atoms. The smallest absolute Gasteiger partial charge is 0.321 e. The number of hydrogen-bond acceptors (Lipinski definition) is 5. The molecule has 0 unspecified atom stereocenters. The molecule has 3 N–H and O–H groups in total. The van der Waals surface area contributed by atoms with E-state index in [4.69, 9.17) is 9.84 Å². The van der Waals surface area contributed by atoms with E-state index in [9.17, 15) is 14.4 Å². The van der Waals surface area contributed by atoms with E-state index in [2.05, 4.69) is 10.6 Å². The van der Waals surface area contributed by atoms with Crippen LogP contribution >= 0.6 is 0 Å². The summed E-state index contributed by atoms with van der Waals surface area (Å²) < 4.78 is 4.78. The molecule has 0 aliphatic rings. The number of esters is 1. The second-order valence-electron chi connectivity index (χ2n) is 5.76. The highest BCUT2D eigenvalue weighted by Gasteiger charge is 2.16. The maximum absolute atomic E-state index is 11.6. The lowest BCUT2D eigenvalue weighted by molar-refractivity contribution is -0.147. The summed E-state index contributed by atoms with van der Waals surface area (Å²) in [4.78, 5) is 34.4. The van der Waals surface area contributed by atoms with Crippen LogP contribution in [0.1, 0.15) is 26.3 Å². The van der Waals surface area contributed by atoms with Crippen LogP contribution in [0.5, 0.6) is 5.75 Å². The first-order chi connectivity index (χ1) is 10.2. The molecule has 120 valence electrons. The normalized spacial score (nSPS) is 10.7. The number of hydrogen-bond donors (Lipinski definition) is 3. The van der Waals surface area contributed by atoms with Crippen LogP contribution in [0.15, 0.2) is 24.3 Å². The Morgan fingerprint density at radius 3 is 2.27 bits per heavy atom. The molecular formula is C15H20N2O5. The Balaban J connectivity index is 2.33. The Morgan fingerprint density at radius 1 is 1.14 bits per heavy atom. The minimum atomic E-state index is -0.708. The Kier molecular flexibility index (Phi) is 5.91. The summed E-state index contributed by atoms with van der Waals surface area (Å²) in [6.07, 6.45) is -0.0260. The number of carbonyl (C=O) groups is 3. The highest BCUT2D eigenvalue weighted by atomic mass is 16.5. The van der Waals surface area contributed by atoms with Crippen LogP contribution < -0.4 is 10.6 Å². The van der Waals surface area contributed by atoms with Gasteiger partial charge in [0.1, 0.15) is 5.75 Å². The molecule has 1 aromatic carbocycles. The molecule has 1 aromatic rings. The van der Waals surface area contributed by atoms with Gasteiger partial charge in [-0.2, -0.15) is 0 Å². The second kappa shape index (κ2) is 7.44. The summed E-state index contributed by atoms with van der Waals surface area (Å²) in [5.74, 6) is -1.21. The molecule has 0 heterocycles. The van der Waals surface area contributed by atoms with Gasteiger partial charge in [0.05, 0.1) is 6.42 Å². The summed E-state index contributed by atoms with van der Waals surface area (Å²) in [5.41, 5.74) is 0.175. The van der Waals surface area contributed by atoms with E-state index in [0.29, 0.717) is 5.56 Å². The fourth-order valence-corrected chi connectivity index (χ4v) is 1.51. The van der Waals surface area contributed by atoms with Crippen molar-refractivity contribution in [3.63, 3.8) is 0 Å². The van der Waals surface area contributed by atoms with Gasteiger partial charge >= 0.3 is 12.0 Å². The summed E-state index contributed by atoms with van der Waals surface area (Å²) in [6, 6.07) is 5.41. The zero-order valence-corrected chi connectivity index (χ0v) is 12.8. The Hall–Kier alpha value is -2.57. The molecular weight excluding hydrogens is 288 g/mol. The molecule has 7 heteroatoms. The number of phenols is 1. The maximum atomic E-state index is 11.6. The van der Waals surface area contributed by atoms with Gasteiger partial charge in [-0.15, -0.1) is 0 Å². The lowest BCUT2D eigenvalue weighted by Gasteiger charge is -2.20. The number of benzene rings is 1. The van der Waals surface area contributed by atoms with Gasteiger partial charge in [-0.1, -0.05) is 12.1 Å². The van der Waals surface area contributed by atoms with Gasteiger partial charge in [0, 0.05) is 5.54 Å². The third-order valence-electron chi connectivity index (χ3n) is 2.39. The number of ether oxygens (including phenoxy) is 1. The van der Waals surface area contributed by atoms with Crippen LogP contribution in [-0.2, 0) is 20.7 Å². The zero-order valence-electron chi connectivity index (χ0n) is 12.8. The van der Waals surface area contributed by atoms with Crippen molar-refractivity contribution in [1.82, 2.24) is 10.6 Å². The SMILES string of the molecule is CC(C)(C)NC(=O)NC(=O)COC(=O)Cc1ccc(O)cc1. The standard InChI is InChI=1S/C15H20N2O5/c1-15(2,3)17-14(21)16-12(19)9-22-13(20)8-10-4-6-11(18)7-5-10/h4-7,18H,8-9H2,1-3H3,(H2,16,17,19,21). The Bertz CT molecular complexity index is 546. The van der Waals surface area contributed by atoms with Crippen molar-refractivity contribution in [3.8, 4) is 5.75 Å². The molecule has 0 saturated heterocycles. The minimum Gasteiger partial charge on any atom is -0.508 e. The molecule has 0 aliphatic carbocycles. The van der Waals surface area contributed by atoms with E-state index in [1.807, 2.05) is 0 Å². The van der Waals surface area contributed by atoms with Gasteiger partial charge < -0.3 is 15.2 Å². The van der Waals surface area contributed by atoms with Gasteiger partial charge in [0.25, 0.3) is 5.91 Å². The van der Waals surface area contributed by atoms with E-state index >= 15 is 0 Å². The average molecular weight is 308 g/mol. The summed E-state index contributed by atoms with van der Waals surface area (Å²) in [6.45, 7) is 4.78. The molecule has 0 saturated carbocycles. The quantitative estimate of drug-likeness (QED) is 0.723.